The average Bonchev–Trinajstić information content (AvgIpc) is 3.47. The van der Waals surface area contributed by atoms with Gasteiger partial charge in [0, 0.05) is 31.8 Å². The van der Waals surface area contributed by atoms with E-state index in [4.69, 9.17) is 0 Å². The van der Waals surface area contributed by atoms with Gasteiger partial charge in [-0.2, -0.15) is 11.3 Å². The van der Waals surface area contributed by atoms with E-state index in [1.165, 1.54) is 0 Å². The second kappa shape index (κ2) is 8.27. The third-order valence-corrected chi connectivity index (χ3v) is 5.55. The van der Waals surface area contributed by atoms with Crippen LogP contribution < -0.4 is 5.32 Å². The van der Waals surface area contributed by atoms with E-state index in [0.29, 0.717) is 6.42 Å². The Hall–Kier alpha value is -3.12. The summed E-state index contributed by atoms with van der Waals surface area (Å²) < 4.78 is 4.03. The first kappa shape index (κ1) is 18.3. The Bertz CT molecular complexity index is 972. The number of hydrogen-bond donors (Lipinski definition) is 1. The molecule has 2 atom stereocenters. The monoisotopic (exact) mass is 390 g/mol. The van der Waals surface area contributed by atoms with Gasteiger partial charge in [0.15, 0.2) is 0 Å². The molecule has 0 fully saturated rings. The van der Waals surface area contributed by atoms with Crippen LogP contribution in [0.1, 0.15) is 35.5 Å². The number of aromatic nitrogens is 3. The largest absolute Gasteiger partial charge is 0.346 e. The lowest BCUT2D eigenvalue weighted by Crippen LogP contribution is -2.32. The maximum absolute atomic E-state index is 13.1. The van der Waals surface area contributed by atoms with Gasteiger partial charge in [-0.1, -0.05) is 30.3 Å². The van der Waals surface area contributed by atoms with Crippen LogP contribution in [0.25, 0.3) is 0 Å². The number of thiophene rings is 1. The first-order valence-electron chi connectivity index (χ1n) is 9.18. The molecular formula is C22H22N4OS. The summed E-state index contributed by atoms with van der Waals surface area (Å²) in [5, 5.41) is 7.35. The van der Waals surface area contributed by atoms with Crippen LogP contribution >= 0.6 is 11.3 Å². The topological polar surface area (TPSA) is 51.9 Å². The molecule has 0 saturated heterocycles. The highest BCUT2D eigenvalue weighted by Gasteiger charge is 2.23. The minimum Gasteiger partial charge on any atom is -0.346 e. The summed E-state index contributed by atoms with van der Waals surface area (Å²) in [5.41, 5.74) is 2.16. The van der Waals surface area contributed by atoms with Crippen molar-refractivity contribution in [3.8, 4) is 0 Å². The fourth-order valence-corrected chi connectivity index (χ4v) is 4.12. The third kappa shape index (κ3) is 3.92. The van der Waals surface area contributed by atoms with E-state index in [1.54, 1.807) is 17.5 Å². The van der Waals surface area contributed by atoms with E-state index in [1.807, 2.05) is 78.0 Å². The molecule has 2 unspecified atom stereocenters. The number of benzene rings is 1. The molecule has 4 aromatic rings. The molecule has 1 amide bonds. The van der Waals surface area contributed by atoms with Crippen molar-refractivity contribution in [3.05, 3.63) is 101 Å². The van der Waals surface area contributed by atoms with Crippen molar-refractivity contribution < 1.29 is 4.79 Å². The summed E-state index contributed by atoms with van der Waals surface area (Å²) in [7, 11) is 1.94. The fraction of sp³-hybridized carbons (Fsp3) is 0.182. The summed E-state index contributed by atoms with van der Waals surface area (Å²) in [4.78, 5) is 17.5. The minimum atomic E-state index is -0.290. The minimum absolute atomic E-state index is 0.0123. The van der Waals surface area contributed by atoms with Crippen LogP contribution in [0.3, 0.4) is 0 Å². The zero-order chi connectivity index (χ0) is 19.3. The molecule has 0 spiro atoms. The summed E-state index contributed by atoms with van der Waals surface area (Å²) in [6.07, 6.45) is 8.02. The molecule has 1 aromatic carbocycles. The molecule has 0 aliphatic rings. The van der Waals surface area contributed by atoms with E-state index in [9.17, 15) is 4.79 Å². The normalized spacial score (nSPS) is 13.2. The van der Waals surface area contributed by atoms with Crippen LogP contribution in [0.2, 0.25) is 0 Å². The summed E-state index contributed by atoms with van der Waals surface area (Å²) in [5.74, 6) is 0.800. The van der Waals surface area contributed by atoms with E-state index >= 15 is 0 Å². The molecule has 1 N–H and O–H groups in total. The van der Waals surface area contributed by atoms with Gasteiger partial charge in [0.05, 0.1) is 12.5 Å². The van der Waals surface area contributed by atoms with E-state index < -0.39 is 0 Å². The second-order valence-corrected chi connectivity index (χ2v) is 7.49. The highest BCUT2D eigenvalue weighted by Crippen LogP contribution is 2.26. The van der Waals surface area contributed by atoms with Crippen LogP contribution in [-0.2, 0) is 11.8 Å². The zero-order valence-electron chi connectivity index (χ0n) is 15.6. The number of carbonyl (C=O) groups excluding carboxylic acids is 1. The van der Waals surface area contributed by atoms with Gasteiger partial charge in [-0.3, -0.25) is 4.79 Å². The highest BCUT2D eigenvalue weighted by molar-refractivity contribution is 7.08. The van der Waals surface area contributed by atoms with Gasteiger partial charge in [-0.15, -0.1) is 0 Å². The van der Waals surface area contributed by atoms with Crippen LogP contribution in [0.15, 0.2) is 84.1 Å². The standard InChI is InChI=1S/C22H22N4OS/c1-25-13-10-23-22(25)21(17-7-3-2-4-8-17)24-20(27)15-19(18-9-14-28-16-18)26-11-5-6-12-26/h2-14,16,19,21H,15H2,1H3,(H,24,27). The summed E-state index contributed by atoms with van der Waals surface area (Å²) in [6, 6.07) is 15.7. The van der Waals surface area contributed by atoms with Crippen molar-refractivity contribution in [2.75, 3.05) is 0 Å². The van der Waals surface area contributed by atoms with Crippen molar-refractivity contribution in [1.82, 2.24) is 19.4 Å². The molecule has 0 aliphatic heterocycles. The SMILES string of the molecule is Cn1ccnc1C(NC(=O)CC(c1ccsc1)n1cccc1)c1ccccc1. The van der Waals surface area contributed by atoms with Gasteiger partial charge in [0.1, 0.15) is 11.9 Å². The summed E-state index contributed by atoms with van der Waals surface area (Å²) in [6.45, 7) is 0. The molecule has 4 rings (SSSR count). The third-order valence-electron chi connectivity index (χ3n) is 4.85. The van der Waals surface area contributed by atoms with Crippen LogP contribution in [-0.4, -0.2) is 20.0 Å². The Morgan fingerprint density at radius 3 is 2.50 bits per heavy atom. The predicted octanol–water partition coefficient (Wildman–Crippen LogP) is 4.17. The lowest BCUT2D eigenvalue weighted by molar-refractivity contribution is -0.122. The second-order valence-electron chi connectivity index (χ2n) is 6.71. The smallest absolute Gasteiger partial charge is 0.223 e. The van der Waals surface area contributed by atoms with Gasteiger partial charge in [0.2, 0.25) is 5.91 Å². The Morgan fingerprint density at radius 1 is 1.07 bits per heavy atom. The van der Waals surface area contributed by atoms with Crippen molar-refractivity contribution in [2.45, 2.75) is 18.5 Å². The number of hydrogen-bond acceptors (Lipinski definition) is 3. The molecule has 6 heteroatoms. The molecule has 3 heterocycles. The van der Waals surface area contributed by atoms with Crippen molar-refractivity contribution in [2.24, 2.45) is 7.05 Å². The van der Waals surface area contributed by atoms with E-state index in [0.717, 1.165) is 17.0 Å². The van der Waals surface area contributed by atoms with Gasteiger partial charge in [-0.05, 0) is 40.1 Å². The van der Waals surface area contributed by atoms with E-state index in [2.05, 4.69) is 26.3 Å². The molecule has 0 saturated carbocycles. The quantitative estimate of drug-likeness (QED) is 0.515. The molecule has 28 heavy (non-hydrogen) atoms. The Kier molecular flexibility index (Phi) is 5.39. The number of nitrogens with zero attached hydrogens (tertiary/aromatic N) is 3. The number of imidazole rings is 1. The van der Waals surface area contributed by atoms with Crippen LogP contribution in [0.4, 0.5) is 0 Å². The fourth-order valence-electron chi connectivity index (χ4n) is 3.41. The number of nitrogens with one attached hydrogen (secondary N) is 1. The Balaban J connectivity index is 1.58. The van der Waals surface area contributed by atoms with Gasteiger partial charge in [0.25, 0.3) is 0 Å². The average molecular weight is 391 g/mol. The summed E-state index contributed by atoms with van der Waals surface area (Å²) >= 11 is 1.64. The Morgan fingerprint density at radius 2 is 1.86 bits per heavy atom. The first-order chi connectivity index (χ1) is 13.7. The molecule has 0 radical (unpaired) electrons. The van der Waals surface area contributed by atoms with Gasteiger partial charge >= 0.3 is 0 Å². The Labute approximate surface area is 168 Å². The maximum atomic E-state index is 13.1. The molecule has 0 bridgehead atoms. The maximum Gasteiger partial charge on any atom is 0.223 e. The zero-order valence-corrected chi connectivity index (χ0v) is 16.4. The van der Waals surface area contributed by atoms with Crippen molar-refractivity contribution in [3.63, 3.8) is 0 Å². The number of amides is 1. The molecular weight excluding hydrogens is 368 g/mol. The number of carbonyl (C=O) groups is 1. The van der Waals surface area contributed by atoms with Gasteiger partial charge < -0.3 is 14.5 Å². The first-order valence-corrected chi connectivity index (χ1v) is 10.1. The van der Waals surface area contributed by atoms with Crippen molar-refractivity contribution >= 4 is 17.2 Å². The van der Waals surface area contributed by atoms with Crippen LogP contribution in [0.5, 0.6) is 0 Å². The molecule has 3 aromatic heterocycles. The number of rotatable bonds is 7. The molecule has 0 aliphatic carbocycles. The van der Waals surface area contributed by atoms with Gasteiger partial charge in [-0.25, -0.2) is 4.98 Å². The van der Waals surface area contributed by atoms with E-state index in [-0.39, 0.29) is 18.0 Å². The molecule has 142 valence electrons. The molecule has 5 nitrogen and oxygen atoms in total. The van der Waals surface area contributed by atoms with Crippen molar-refractivity contribution in [1.29, 1.82) is 0 Å². The van der Waals surface area contributed by atoms with Crippen LogP contribution in [0, 0.1) is 0 Å². The lowest BCUT2D eigenvalue weighted by atomic mass is 10.0. The predicted molar refractivity (Wildman–Crippen MR) is 111 cm³/mol. The lowest BCUT2D eigenvalue weighted by Gasteiger charge is -2.22. The highest BCUT2D eigenvalue weighted by atomic mass is 32.1. The number of aryl methyl sites for hydroxylation is 1.